The molecule has 0 N–H and O–H groups in total. The molecular weight excluding hydrogens is 2090 g/mol. The van der Waals surface area contributed by atoms with Gasteiger partial charge in [-0.2, -0.15) is 0 Å². The van der Waals surface area contributed by atoms with Gasteiger partial charge in [-0.05, 0) is 137 Å². The van der Waals surface area contributed by atoms with Gasteiger partial charge in [0.05, 0.1) is 0 Å². The Bertz CT molecular complexity index is 6890. The van der Waals surface area contributed by atoms with E-state index >= 15 is 0 Å². The molecule has 0 atom stereocenters. The van der Waals surface area contributed by atoms with E-state index in [4.69, 9.17) is 26.5 Å². The SMILES string of the molecule is CC(C)[O-].CC(C)[O-].CC(C)[O-].CC(C)[O-].CC(C)[O-].CC(C)[O-].[O-]c1ccc2ccccc2c1-c1nc2ccccc2o1.[O-]c1ccc2ccccc2c1-c1nc2ccccc2o1.[O-]c1ccc2ccccc2c1-c1nc2ccccc2o1.[O-]c1ccc2ccccc2c1-c1nc2ccccc2o1.[O-]c1ccc2ccccc2c1-c1nc2ccccc2o1.[O-]c1ccc2ccccc2c1-c1nc2ccccc2o1.[Zr+4].[Zr+4].[Zr+4]. The smallest absolute Gasteiger partial charge is 0.872 e. The van der Waals surface area contributed by atoms with Gasteiger partial charge in [0, 0.05) is 33.4 Å². The monoisotopic (exact) mass is 2180 g/mol. The average molecular weight is 2190 g/mol. The van der Waals surface area contributed by atoms with Gasteiger partial charge in [0.15, 0.2) is 33.5 Å². The van der Waals surface area contributed by atoms with Crippen LogP contribution >= 0.6 is 0 Å². The van der Waals surface area contributed by atoms with Gasteiger partial charge >= 0.3 is 78.6 Å². The van der Waals surface area contributed by atoms with Gasteiger partial charge in [-0.3, -0.25) is 0 Å². The molecular formula is C120H102N6O18Zr3. The summed E-state index contributed by atoms with van der Waals surface area (Å²) in [6, 6.07) is 112. The molecule has 0 amide bonds. The molecule has 147 heavy (non-hydrogen) atoms. The van der Waals surface area contributed by atoms with Crippen molar-refractivity contribution in [2.75, 3.05) is 0 Å². The average Bonchev–Trinajstić information content (AvgIpc) is 1.70. The third-order valence-corrected chi connectivity index (χ3v) is 20.4. The van der Waals surface area contributed by atoms with E-state index in [0.717, 1.165) is 97.7 Å². The molecule has 6 aromatic heterocycles. The van der Waals surface area contributed by atoms with Crippen LogP contribution in [0, 0.1) is 0 Å². The standard InChI is InChI=1S/6C17H11NO2.6C3H7O.3Zr/c6*19-14-10-9-11-5-1-2-6-12(11)16(14)17-18-13-7-3-4-8-15(13)20-17;6*1-3(2)4;;;/h6*1-10,19H;6*3H,1-2H3;;;/q;;;;;;6*-1;3*+4/p-6. The minimum Gasteiger partial charge on any atom is -0.872 e. The van der Waals surface area contributed by atoms with Crippen LogP contribution < -0.4 is 61.3 Å². The summed E-state index contributed by atoms with van der Waals surface area (Å²) in [4.78, 5) is 26.6. The van der Waals surface area contributed by atoms with Crippen molar-refractivity contribution in [1.29, 1.82) is 0 Å². The first-order chi connectivity index (χ1) is 69.4. The normalized spacial score (nSPS) is 10.6. The Hall–Kier alpha value is -14.5. The number of rotatable bonds is 6. The maximum atomic E-state index is 12.2. The summed E-state index contributed by atoms with van der Waals surface area (Å²) in [7, 11) is 0. The quantitative estimate of drug-likeness (QED) is 0.149. The van der Waals surface area contributed by atoms with Crippen LogP contribution in [-0.2, 0) is 78.6 Å². The van der Waals surface area contributed by atoms with Gasteiger partial charge in [-0.1, -0.05) is 409 Å². The van der Waals surface area contributed by atoms with Gasteiger partial charge in [-0.25, -0.2) is 29.9 Å². The van der Waals surface area contributed by atoms with Crippen molar-refractivity contribution in [2.24, 2.45) is 0 Å². The number of hydrogen-bond acceptors (Lipinski definition) is 24. The second-order valence-electron chi connectivity index (χ2n) is 34.2. The summed E-state index contributed by atoms with van der Waals surface area (Å²) in [5, 5.41) is 142. The number of benzene rings is 18. The van der Waals surface area contributed by atoms with Crippen molar-refractivity contribution in [3.05, 3.63) is 364 Å². The van der Waals surface area contributed by atoms with Gasteiger partial charge in [0.1, 0.15) is 33.1 Å². The topological polar surface area (TPSA) is 433 Å². The molecule has 24 aromatic rings. The van der Waals surface area contributed by atoms with E-state index < -0.39 is 36.6 Å². The van der Waals surface area contributed by atoms with E-state index in [1.54, 1.807) is 119 Å². The summed E-state index contributed by atoms with van der Waals surface area (Å²) in [5.41, 5.74) is 11.9. The number of aromatic nitrogens is 6. The molecule has 0 aliphatic carbocycles. The zero-order valence-corrected chi connectivity index (χ0v) is 90.0. The van der Waals surface area contributed by atoms with Crippen molar-refractivity contribution in [3.8, 4) is 103 Å². The third kappa shape index (κ3) is 30.8. The van der Waals surface area contributed by atoms with Crippen LogP contribution in [0.2, 0.25) is 0 Å². The number of nitrogens with zero attached hydrogens (tertiary/aromatic N) is 6. The number of hydrogen-bond donors (Lipinski definition) is 0. The maximum Gasteiger partial charge on any atom is 4.00 e. The Balaban J connectivity index is 0.000000172. The summed E-state index contributed by atoms with van der Waals surface area (Å²) in [5.74, 6) is 1.85. The zero-order valence-electron chi connectivity index (χ0n) is 82.6. The Morgan fingerprint density at radius 3 is 0.388 bits per heavy atom. The summed E-state index contributed by atoms with van der Waals surface area (Å²) >= 11 is 0. The van der Waals surface area contributed by atoms with E-state index in [0.29, 0.717) is 102 Å². The van der Waals surface area contributed by atoms with E-state index in [1.165, 1.54) is 0 Å². The summed E-state index contributed by atoms with van der Waals surface area (Å²) < 4.78 is 34.4. The van der Waals surface area contributed by atoms with E-state index in [2.05, 4.69) is 29.9 Å². The molecule has 0 radical (unpaired) electrons. The molecule has 0 aliphatic rings. The molecule has 27 heteroatoms. The number of fused-ring (bicyclic) bond motifs is 12. The van der Waals surface area contributed by atoms with Crippen molar-refractivity contribution in [2.45, 2.75) is 120 Å². The van der Waals surface area contributed by atoms with E-state index in [9.17, 15) is 61.3 Å². The van der Waals surface area contributed by atoms with Crippen LogP contribution in [0.5, 0.6) is 34.5 Å². The van der Waals surface area contributed by atoms with Crippen LogP contribution in [0.4, 0.5) is 0 Å². The predicted molar refractivity (Wildman–Crippen MR) is 549 cm³/mol. The molecule has 24 nitrogen and oxygen atoms in total. The van der Waals surface area contributed by atoms with Crippen molar-refractivity contribution in [3.63, 3.8) is 0 Å². The summed E-state index contributed by atoms with van der Waals surface area (Å²) in [6.07, 6.45) is -2.50. The van der Waals surface area contributed by atoms with Crippen LogP contribution in [-0.4, -0.2) is 66.5 Å². The predicted octanol–water partition coefficient (Wildman–Crippen LogP) is 20.9. The molecule has 0 fully saturated rings. The second kappa shape index (κ2) is 55.2. The van der Waals surface area contributed by atoms with Crippen LogP contribution in [0.15, 0.2) is 390 Å². The third-order valence-electron chi connectivity index (χ3n) is 20.4. The van der Waals surface area contributed by atoms with E-state index in [-0.39, 0.29) is 113 Å². The van der Waals surface area contributed by atoms with Crippen LogP contribution in [0.25, 0.3) is 200 Å². The molecule has 0 aliphatic heterocycles. The molecule has 0 saturated heterocycles. The zero-order chi connectivity index (χ0) is 103. The molecule has 0 unspecified atom stereocenters. The number of oxazole rings is 6. The fraction of sp³-hybridized carbons (Fsp3) is 0.150. The van der Waals surface area contributed by atoms with Crippen LogP contribution in [0.1, 0.15) is 83.1 Å². The molecule has 732 valence electrons. The van der Waals surface area contributed by atoms with Gasteiger partial charge < -0.3 is 87.8 Å². The van der Waals surface area contributed by atoms with Gasteiger partial charge in [-0.15, -0.1) is 36.6 Å². The summed E-state index contributed by atoms with van der Waals surface area (Å²) in [6.45, 7) is 19.3. The molecule has 0 spiro atoms. The molecule has 6 heterocycles. The fourth-order valence-corrected chi connectivity index (χ4v) is 14.7. The first kappa shape index (κ1) is 114. The van der Waals surface area contributed by atoms with E-state index in [1.807, 2.05) is 328 Å². The molecule has 24 rings (SSSR count). The first-order valence-electron chi connectivity index (χ1n) is 46.6. The molecule has 0 bridgehead atoms. The molecule has 18 aromatic carbocycles. The minimum absolute atomic E-state index is 0. The van der Waals surface area contributed by atoms with Gasteiger partial charge in [0.2, 0.25) is 35.3 Å². The van der Waals surface area contributed by atoms with Crippen molar-refractivity contribution >= 4 is 131 Å². The Kier molecular flexibility index (Phi) is 43.0. The maximum absolute atomic E-state index is 12.2. The van der Waals surface area contributed by atoms with Crippen molar-refractivity contribution < 1.29 is 166 Å². The number of para-hydroxylation sites is 12. The second-order valence-corrected chi connectivity index (χ2v) is 34.2. The Morgan fingerprint density at radius 1 is 0.156 bits per heavy atom. The molecule has 0 saturated carbocycles. The Labute approximate surface area is 906 Å². The first-order valence-corrected chi connectivity index (χ1v) is 46.6. The Morgan fingerprint density at radius 2 is 0.265 bits per heavy atom. The fourth-order valence-electron chi connectivity index (χ4n) is 14.7. The minimum atomic E-state index is -0.417. The van der Waals surface area contributed by atoms with Crippen LogP contribution in [0.3, 0.4) is 0 Å². The van der Waals surface area contributed by atoms with Crippen molar-refractivity contribution in [1.82, 2.24) is 29.9 Å². The van der Waals surface area contributed by atoms with Gasteiger partial charge in [0.25, 0.3) is 0 Å². The largest absolute Gasteiger partial charge is 4.00 e.